The standard InChI is InChI=1S/C13H17NO5S.C2H6/c1-9(13(15)16)19-11-7-10-5-3-4-6-12(10)14(8-11)20(2,17)18;1-2/h3-6,9,11H,7-8H2,1-2H3,(H,15,16);1-2H3/t9?,11-;/m1./s1. The van der Waals surface area contributed by atoms with Crippen molar-refractivity contribution in [1.29, 1.82) is 0 Å². The van der Waals surface area contributed by atoms with Gasteiger partial charge < -0.3 is 9.84 Å². The predicted molar refractivity (Wildman–Crippen MR) is 85.7 cm³/mol. The van der Waals surface area contributed by atoms with Gasteiger partial charge in [-0.2, -0.15) is 0 Å². The maximum absolute atomic E-state index is 11.9. The quantitative estimate of drug-likeness (QED) is 0.912. The molecule has 0 fully saturated rings. The van der Waals surface area contributed by atoms with Gasteiger partial charge in [0.2, 0.25) is 10.0 Å². The normalized spacial score (nSPS) is 18.7. The van der Waals surface area contributed by atoms with Crippen LogP contribution in [0.1, 0.15) is 26.3 Å². The number of sulfonamides is 1. The summed E-state index contributed by atoms with van der Waals surface area (Å²) in [5.41, 5.74) is 1.48. The Bertz CT molecular complexity index is 614. The lowest BCUT2D eigenvalue weighted by molar-refractivity contribution is -0.152. The first-order chi connectivity index (χ1) is 10.3. The number of para-hydroxylation sites is 1. The van der Waals surface area contributed by atoms with Crippen molar-refractivity contribution in [3.8, 4) is 0 Å². The highest BCUT2D eigenvalue weighted by Gasteiger charge is 2.31. The maximum atomic E-state index is 11.9. The molecule has 1 heterocycles. The minimum Gasteiger partial charge on any atom is -0.479 e. The number of carboxylic acids is 1. The first-order valence-corrected chi connectivity index (χ1v) is 9.07. The molecule has 0 aromatic heterocycles. The van der Waals surface area contributed by atoms with Gasteiger partial charge in [-0.15, -0.1) is 0 Å². The second-order valence-electron chi connectivity index (χ2n) is 4.87. The molecular formula is C15H23NO5S. The molecule has 1 N–H and O–H groups in total. The number of carboxylic acid groups (broad SMARTS) is 1. The van der Waals surface area contributed by atoms with Crippen LogP contribution in [0.4, 0.5) is 5.69 Å². The molecule has 22 heavy (non-hydrogen) atoms. The number of anilines is 1. The molecule has 2 atom stereocenters. The van der Waals surface area contributed by atoms with Crippen LogP contribution in [-0.2, 0) is 26.0 Å². The van der Waals surface area contributed by atoms with Crippen molar-refractivity contribution in [3.05, 3.63) is 29.8 Å². The molecule has 6 nitrogen and oxygen atoms in total. The summed E-state index contributed by atoms with van der Waals surface area (Å²) < 4.78 is 30.4. The topological polar surface area (TPSA) is 83.9 Å². The molecule has 1 aromatic rings. The van der Waals surface area contributed by atoms with Crippen molar-refractivity contribution in [2.24, 2.45) is 0 Å². The van der Waals surface area contributed by atoms with Crippen LogP contribution < -0.4 is 4.31 Å². The summed E-state index contributed by atoms with van der Waals surface area (Å²) in [4.78, 5) is 10.8. The first-order valence-electron chi connectivity index (χ1n) is 7.23. The lowest BCUT2D eigenvalue weighted by Gasteiger charge is -2.34. The maximum Gasteiger partial charge on any atom is 0.332 e. The number of fused-ring (bicyclic) bond motifs is 1. The highest BCUT2D eigenvalue weighted by Crippen LogP contribution is 2.30. The van der Waals surface area contributed by atoms with Crippen molar-refractivity contribution in [1.82, 2.24) is 0 Å². The van der Waals surface area contributed by atoms with Crippen LogP contribution in [0.5, 0.6) is 0 Å². The van der Waals surface area contributed by atoms with Gasteiger partial charge in [-0.25, -0.2) is 13.2 Å². The Kier molecular flexibility index (Phi) is 6.37. The van der Waals surface area contributed by atoms with Gasteiger partial charge in [-0.05, 0) is 18.6 Å². The van der Waals surface area contributed by atoms with Gasteiger partial charge in [-0.1, -0.05) is 32.0 Å². The van der Waals surface area contributed by atoms with Crippen molar-refractivity contribution in [2.75, 3.05) is 17.1 Å². The Labute approximate surface area is 131 Å². The summed E-state index contributed by atoms with van der Waals surface area (Å²) in [5.74, 6) is -1.06. The number of hydrogen-bond donors (Lipinski definition) is 1. The van der Waals surface area contributed by atoms with Crippen LogP contribution in [0.3, 0.4) is 0 Å². The second kappa shape index (κ2) is 7.60. The highest BCUT2D eigenvalue weighted by molar-refractivity contribution is 7.92. The van der Waals surface area contributed by atoms with E-state index in [4.69, 9.17) is 9.84 Å². The Balaban J connectivity index is 0.00000116. The van der Waals surface area contributed by atoms with Gasteiger partial charge >= 0.3 is 5.97 Å². The molecule has 2 rings (SSSR count). The van der Waals surface area contributed by atoms with E-state index in [1.165, 1.54) is 11.2 Å². The smallest absolute Gasteiger partial charge is 0.332 e. The predicted octanol–water partition coefficient (Wildman–Crippen LogP) is 1.89. The summed E-state index contributed by atoms with van der Waals surface area (Å²) >= 11 is 0. The van der Waals surface area contributed by atoms with E-state index in [1.54, 1.807) is 12.1 Å². The molecular weight excluding hydrogens is 306 g/mol. The molecule has 1 aromatic carbocycles. The van der Waals surface area contributed by atoms with Crippen LogP contribution in [0.2, 0.25) is 0 Å². The molecule has 0 spiro atoms. The number of benzene rings is 1. The monoisotopic (exact) mass is 329 g/mol. The van der Waals surface area contributed by atoms with Gasteiger partial charge in [-0.3, -0.25) is 4.31 Å². The van der Waals surface area contributed by atoms with E-state index in [-0.39, 0.29) is 6.54 Å². The van der Waals surface area contributed by atoms with E-state index in [0.29, 0.717) is 12.1 Å². The third-order valence-corrected chi connectivity index (χ3v) is 4.37. The van der Waals surface area contributed by atoms with Gasteiger partial charge in [0.1, 0.15) is 0 Å². The van der Waals surface area contributed by atoms with E-state index in [0.717, 1.165) is 11.8 Å². The molecule has 0 amide bonds. The van der Waals surface area contributed by atoms with Gasteiger partial charge in [0.05, 0.1) is 24.6 Å². The lowest BCUT2D eigenvalue weighted by atomic mass is 10.0. The summed E-state index contributed by atoms with van der Waals surface area (Å²) in [5, 5.41) is 8.88. The average molecular weight is 329 g/mol. The van der Waals surface area contributed by atoms with Gasteiger partial charge in [0.15, 0.2) is 6.10 Å². The molecule has 124 valence electrons. The summed E-state index contributed by atoms with van der Waals surface area (Å²) in [6, 6.07) is 7.17. The fourth-order valence-corrected chi connectivity index (χ4v) is 3.24. The number of hydrogen-bond acceptors (Lipinski definition) is 4. The van der Waals surface area contributed by atoms with Crippen molar-refractivity contribution >= 4 is 21.7 Å². The van der Waals surface area contributed by atoms with E-state index >= 15 is 0 Å². The molecule has 0 saturated heterocycles. The molecule has 1 aliphatic rings. The minimum absolute atomic E-state index is 0.132. The molecule has 1 aliphatic heterocycles. The first kappa shape index (κ1) is 18.4. The highest BCUT2D eigenvalue weighted by atomic mass is 32.2. The zero-order valence-corrected chi connectivity index (χ0v) is 14.1. The van der Waals surface area contributed by atoms with Crippen molar-refractivity contribution < 1.29 is 23.1 Å². The second-order valence-corrected chi connectivity index (χ2v) is 6.77. The van der Waals surface area contributed by atoms with Crippen molar-refractivity contribution in [3.63, 3.8) is 0 Å². The van der Waals surface area contributed by atoms with E-state index in [2.05, 4.69) is 0 Å². The van der Waals surface area contributed by atoms with Crippen LogP contribution in [0.25, 0.3) is 0 Å². The molecule has 0 bridgehead atoms. The summed E-state index contributed by atoms with van der Waals surface area (Å²) in [6.07, 6.45) is 0.199. The van der Waals surface area contributed by atoms with E-state index in [9.17, 15) is 13.2 Å². The SMILES string of the molecule is CC.CC(O[C@@H]1Cc2ccccc2N(S(C)(=O)=O)C1)C(=O)O. The van der Waals surface area contributed by atoms with E-state index < -0.39 is 28.2 Å². The average Bonchev–Trinajstić information content (AvgIpc) is 2.47. The Morgan fingerprint density at radius 1 is 1.36 bits per heavy atom. The largest absolute Gasteiger partial charge is 0.479 e. The molecule has 0 radical (unpaired) electrons. The zero-order valence-electron chi connectivity index (χ0n) is 13.3. The van der Waals surface area contributed by atoms with E-state index in [1.807, 2.05) is 26.0 Å². The summed E-state index contributed by atoms with van der Waals surface area (Å²) in [6.45, 7) is 5.57. The van der Waals surface area contributed by atoms with Gasteiger partial charge in [0, 0.05) is 6.42 Å². The summed E-state index contributed by atoms with van der Waals surface area (Å²) in [7, 11) is -3.42. The minimum atomic E-state index is -3.42. The Hall–Kier alpha value is -1.60. The van der Waals surface area contributed by atoms with Gasteiger partial charge in [0.25, 0.3) is 0 Å². The fraction of sp³-hybridized carbons (Fsp3) is 0.533. The Morgan fingerprint density at radius 2 is 1.95 bits per heavy atom. The third kappa shape index (κ3) is 4.45. The third-order valence-electron chi connectivity index (χ3n) is 3.22. The number of aliphatic carboxylic acids is 1. The van der Waals surface area contributed by atoms with Crippen LogP contribution in [0.15, 0.2) is 24.3 Å². The molecule has 0 saturated carbocycles. The molecule has 1 unspecified atom stereocenters. The number of nitrogens with zero attached hydrogens (tertiary/aromatic N) is 1. The molecule has 0 aliphatic carbocycles. The van der Waals surface area contributed by atoms with Crippen molar-refractivity contribution in [2.45, 2.75) is 39.4 Å². The number of carbonyl (C=O) groups is 1. The number of rotatable bonds is 4. The van der Waals surface area contributed by atoms with Crippen LogP contribution in [0, 0.1) is 0 Å². The van der Waals surface area contributed by atoms with Crippen LogP contribution >= 0.6 is 0 Å². The van der Waals surface area contributed by atoms with Crippen LogP contribution in [-0.4, -0.2) is 44.5 Å². The zero-order chi connectivity index (χ0) is 16.9. The lowest BCUT2D eigenvalue weighted by Crippen LogP contribution is -2.44. The number of ether oxygens (including phenoxy) is 1. The molecule has 7 heteroatoms. The fourth-order valence-electron chi connectivity index (χ4n) is 2.27. The Morgan fingerprint density at radius 3 is 2.50 bits per heavy atom.